The Morgan fingerprint density at radius 3 is 2.68 bits per heavy atom. The number of nitrogens with zero attached hydrogens (tertiary/aromatic N) is 2. The highest BCUT2D eigenvalue weighted by Crippen LogP contribution is 2.37. The van der Waals surface area contributed by atoms with Crippen LogP contribution in [0.2, 0.25) is 0 Å². The minimum atomic E-state index is -0.0236. The van der Waals surface area contributed by atoms with Crippen LogP contribution in [0.15, 0.2) is 36.4 Å². The fraction of sp³-hybridized carbons (Fsp3) is 0.263. The molecule has 0 unspecified atom stereocenters. The van der Waals surface area contributed by atoms with Gasteiger partial charge in [-0.05, 0) is 18.6 Å². The maximum Gasteiger partial charge on any atom is 0.266 e. The highest BCUT2D eigenvalue weighted by molar-refractivity contribution is 7.21. The number of aromatic nitrogens is 1. The lowest BCUT2D eigenvalue weighted by molar-refractivity contribution is 0.0307. The fourth-order valence-electron chi connectivity index (χ4n) is 3.14. The van der Waals surface area contributed by atoms with Gasteiger partial charge < -0.3 is 15.4 Å². The van der Waals surface area contributed by atoms with E-state index in [1.165, 1.54) is 11.3 Å². The monoisotopic (exact) mass is 353 g/mol. The molecule has 1 saturated heterocycles. The van der Waals surface area contributed by atoms with Crippen molar-refractivity contribution in [2.75, 3.05) is 32.0 Å². The molecule has 0 bridgehead atoms. The molecular weight excluding hydrogens is 334 g/mol. The largest absolute Gasteiger partial charge is 0.397 e. The lowest BCUT2D eigenvalue weighted by Crippen LogP contribution is -2.40. The number of pyridine rings is 1. The Hall–Kier alpha value is -2.44. The fourth-order valence-corrected chi connectivity index (χ4v) is 4.27. The van der Waals surface area contributed by atoms with E-state index < -0.39 is 0 Å². The van der Waals surface area contributed by atoms with Gasteiger partial charge in [-0.1, -0.05) is 30.3 Å². The van der Waals surface area contributed by atoms with Crippen molar-refractivity contribution in [1.82, 2.24) is 9.88 Å². The number of aryl methyl sites for hydroxylation is 1. The first kappa shape index (κ1) is 16.1. The standard InChI is InChI=1S/C19H19N3O2S/c1-12-11-14(13-5-3-2-4-6-13)21-18-15(12)16(20)17(25-18)19(23)22-7-9-24-10-8-22/h2-6,11H,7-10,20H2,1H3. The van der Waals surface area contributed by atoms with Crippen molar-refractivity contribution in [2.45, 2.75) is 6.92 Å². The van der Waals surface area contributed by atoms with Crippen LogP contribution in [0.1, 0.15) is 15.2 Å². The van der Waals surface area contributed by atoms with Crippen LogP contribution in [-0.2, 0) is 4.74 Å². The lowest BCUT2D eigenvalue weighted by Gasteiger charge is -2.26. The Labute approximate surface area is 150 Å². The summed E-state index contributed by atoms with van der Waals surface area (Å²) in [6.45, 7) is 4.38. The number of benzene rings is 1. The highest BCUT2D eigenvalue weighted by Gasteiger charge is 2.25. The molecule has 6 heteroatoms. The number of morpholine rings is 1. The molecule has 128 valence electrons. The molecule has 0 radical (unpaired) electrons. The van der Waals surface area contributed by atoms with Crippen LogP contribution in [0.3, 0.4) is 0 Å². The van der Waals surface area contributed by atoms with Crippen LogP contribution in [-0.4, -0.2) is 42.1 Å². The van der Waals surface area contributed by atoms with Gasteiger partial charge >= 0.3 is 0 Å². The minimum absolute atomic E-state index is 0.0236. The van der Waals surface area contributed by atoms with Crippen molar-refractivity contribution >= 4 is 33.1 Å². The van der Waals surface area contributed by atoms with E-state index in [1.54, 1.807) is 4.90 Å². The van der Waals surface area contributed by atoms with Crippen molar-refractivity contribution in [3.8, 4) is 11.3 Å². The highest BCUT2D eigenvalue weighted by atomic mass is 32.1. The number of carbonyl (C=O) groups is 1. The molecule has 1 aliphatic heterocycles. The summed E-state index contributed by atoms with van der Waals surface area (Å²) in [6.07, 6.45) is 0. The molecule has 0 aliphatic carbocycles. The molecule has 1 aromatic carbocycles. The van der Waals surface area contributed by atoms with Crippen molar-refractivity contribution in [2.24, 2.45) is 0 Å². The van der Waals surface area contributed by atoms with E-state index in [0.717, 1.165) is 27.0 Å². The molecule has 0 spiro atoms. The molecular formula is C19H19N3O2S. The molecule has 3 aromatic rings. The van der Waals surface area contributed by atoms with Gasteiger partial charge in [0.1, 0.15) is 9.71 Å². The second kappa shape index (κ2) is 6.46. The van der Waals surface area contributed by atoms with Gasteiger partial charge in [0.05, 0.1) is 24.6 Å². The average molecular weight is 353 g/mol. The first-order chi connectivity index (χ1) is 12.1. The smallest absolute Gasteiger partial charge is 0.266 e. The second-order valence-electron chi connectivity index (χ2n) is 6.12. The molecule has 2 aromatic heterocycles. The molecule has 1 fully saturated rings. The van der Waals surface area contributed by atoms with Crippen LogP contribution in [0.5, 0.6) is 0 Å². The molecule has 3 heterocycles. The van der Waals surface area contributed by atoms with Crippen molar-refractivity contribution in [1.29, 1.82) is 0 Å². The van der Waals surface area contributed by atoms with E-state index in [9.17, 15) is 4.79 Å². The van der Waals surface area contributed by atoms with Crippen LogP contribution in [0.25, 0.3) is 21.5 Å². The van der Waals surface area contributed by atoms with Crippen LogP contribution in [0.4, 0.5) is 5.69 Å². The predicted molar refractivity (Wildman–Crippen MR) is 101 cm³/mol. The Balaban J connectivity index is 1.79. The van der Waals surface area contributed by atoms with Gasteiger partial charge in [-0.15, -0.1) is 11.3 Å². The predicted octanol–water partition coefficient (Wildman–Crippen LogP) is 3.33. The quantitative estimate of drug-likeness (QED) is 0.767. The van der Waals surface area contributed by atoms with Crippen LogP contribution >= 0.6 is 11.3 Å². The van der Waals surface area contributed by atoms with Crippen molar-refractivity contribution in [3.05, 3.63) is 46.8 Å². The third-order valence-corrected chi connectivity index (χ3v) is 5.55. The number of rotatable bonds is 2. The zero-order chi connectivity index (χ0) is 17.4. The average Bonchev–Trinajstić information content (AvgIpc) is 2.99. The molecule has 0 saturated carbocycles. The van der Waals surface area contributed by atoms with Gasteiger partial charge in [0.25, 0.3) is 5.91 Å². The SMILES string of the molecule is Cc1cc(-c2ccccc2)nc2sc(C(=O)N3CCOCC3)c(N)c12. The molecule has 5 nitrogen and oxygen atoms in total. The number of hydrogen-bond acceptors (Lipinski definition) is 5. The van der Waals surface area contributed by atoms with Crippen LogP contribution in [0, 0.1) is 6.92 Å². The zero-order valence-electron chi connectivity index (χ0n) is 14.0. The van der Waals surface area contributed by atoms with Gasteiger partial charge in [0, 0.05) is 24.0 Å². The van der Waals surface area contributed by atoms with Crippen molar-refractivity contribution < 1.29 is 9.53 Å². The number of thiophene rings is 1. The first-order valence-corrected chi connectivity index (χ1v) is 9.09. The van der Waals surface area contributed by atoms with E-state index in [4.69, 9.17) is 15.5 Å². The number of hydrogen-bond donors (Lipinski definition) is 1. The molecule has 1 amide bonds. The number of nitrogens with two attached hydrogens (primary N) is 1. The summed E-state index contributed by atoms with van der Waals surface area (Å²) in [6, 6.07) is 12.1. The van der Waals surface area contributed by atoms with E-state index in [-0.39, 0.29) is 5.91 Å². The number of fused-ring (bicyclic) bond motifs is 1. The Bertz CT molecular complexity index is 931. The second-order valence-corrected chi connectivity index (χ2v) is 7.12. The maximum atomic E-state index is 12.8. The third kappa shape index (κ3) is 2.88. The maximum absolute atomic E-state index is 12.8. The Morgan fingerprint density at radius 2 is 1.96 bits per heavy atom. The normalized spacial score (nSPS) is 14.8. The topological polar surface area (TPSA) is 68.5 Å². The lowest BCUT2D eigenvalue weighted by atomic mass is 10.1. The Kier molecular flexibility index (Phi) is 4.15. The molecule has 0 atom stereocenters. The summed E-state index contributed by atoms with van der Waals surface area (Å²) in [4.78, 5) is 20.8. The first-order valence-electron chi connectivity index (χ1n) is 8.27. The Morgan fingerprint density at radius 1 is 1.24 bits per heavy atom. The molecule has 2 N–H and O–H groups in total. The van der Waals surface area contributed by atoms with E-state index in [2.05, 4.69) is 0 Å². The molecule has 25 heavy (non-hydrogen) atoms. The summed E-state index contributed by atoms with van der Waals surface area (Å²) in [7, 11) is 0. The van der Waals surface area contributed by atoms with E-state index in [1.807, 2.05) is 43.3 Å². The van der Waals surface area contributed by atoms with E-state index in [0.29, 0.717) is 36.9 Å². The van der Waals surface area contributed by atoms with E-state index >= 15 is 0 Å². The summed E-state index contributed by atoms with van der Waals surface area (Å²) >= 11 is 1.38. The number of carbonyl (C=O) groups excluding carboxylic acids is 1. The summed E-state index contributed by atoms with van der Waals surface area (Å²) in [5.41, 5.74) is 9.87. The van der Waals surface area contributed by atoms with Gasteiger partial charge in [0.15, 0.2) is 0 Å². The number of nitrogen functional groups attached to an aromatic ring is 1. The van der Waals surface area contributed by atoms with Gasteiger partial charge in [-0.3, -0.25) is 4.79 Å². The summed E-state index contributed by atoms with van der Waals surface area (Å²) < 4.78 is 5.32. The zero-order valence-corrected chi connectivity index (χ0v) is 14.8. The summed E-state index contributed by atoms with van der Waals surface area (Å²) in [5, 5.41) is 0.890. The van der Waals surface area contributed by atoms with Gasteiger partial charge in [0.2, 0.25) is 0 Å². The number of amides is 1. The third-order valence-electron chi connectivity index (χ3n) is 4.46. The van der Waals surface area contributed by atoms with Gasteiger partial charge in [-0.2, -0.15) is 0 Å². The molecule has 4 rings (SSSR count). The number of ether oxygens (including phenoxy) is 1. The van der Waals surface area contributed by atoms with Crippen molar-refractivity contribution in [3.63, 3.8) is 0 Å². The molecule has 1 aliphatic rings. The number of anilines is 1. The van der Waals surface area contributed by atoms with Crippen LogP contribution < -0.4 is 5.73 Å². The minimum Gasteiger partial charge on any atom is -0.397 e. The van der Waals surface area contributed by atoms with Gasteiger partial charge in [-0.25, -0.2) is 4.98 Å². The summed E-state index contributed by atoms with van der Waals surface area (Å²) in [5.74, 6) is -0.0236.